The van der Waals surface area contributed by atoms with Crippen LogP contribution in [0.15, 0.2) is 9.63 Å². The van der Waals surface area contributed by atoms with E-state index in [1.807, 2.05) is 0 Å². The molecule has 1 heterocycles. The number of alkyl halides is 1. The Morgan fingerprint density at radius 3 is 2.83 bits per heavy atom. The molecular weight excluding hydrogens is 120 g/mol. The predicted octanol–water partition coefficient (Wildman–Crippen LogP) is 1.67. The molecule has 1 rings (SSSR count). The first-order chi connectivity index (χ1) is 2.89. The van der Waals surface area contributed by atoms with Crippen molar-refractivity contribution >= 4 is 23.5 Å². The monoisotopic (exact) mass is 122 g/mol. The van der Waals surface area contributed by atoms with E-state index < -0.39 is 0 Å². The molecule has 0 saturated carbocycles. The van der Waals surface area contributed by atoms with Gasteiger partial charge in [-0.3, -0.25) is 0 Å². The van der Waals surface area contributed by atoms with Gasteiger partial charge in [-0.25, -0.2) is 0 Å². The van der Waals surface area contributed by atoms with Gasteiger partial charge in [0.05, 0.1) is 5.75 Å². The van der Waals surface area contributed by atoms with Crippen molar-refractivity contribution in [1.82, 2.24) is 0 Å². The Bertz CT molecular complexity index is 73.9. The van der Waals surface area contributed by atoms with Gasteiger partial charge in [-0.1, -0.05) is 11.6 Å². The summed E-state index contributed by atoms with van der Waals surface area (Å²) >= 11 is 6.84. The van der Waals surface area contributed by atoms with Crippen molar-refractivity contribution in [2.45, 2.75) is 5.50 Å². The van der Waals surface area contributed by atoms with Crippen LogP contribution in [-0.4, -0.2) is 11.3 Å². The summed E-state index contributed by atoms with van der Waals surface area (Å²) in [7, 11) is 0. The molecule has 0 spiro atoms. The van der Waals surface area contributed by atoms with Crippen LogP contribution in [0.1, 0.15) is 0 Å². The van der Waals surface area contributed by atoms with Crippen molar-refractivity contribution in [3.63, 3.8) is 0 Å². The maximum atomic E-state index is 5.43. The number of halogens is 1. The highest BCUT2D eigenvalue weighted by atomic mass is 35.5. The molecule has 1 atom stereocenters. The van der Waals surface area contributed by atoms with Gasteiger partial charge in [-0.2, -0.15) is 5.11 Å². The molecule has 0 bridgehead atoms. The average molecular weight is 123 g/mol. The van der Waals surface area contributed by atoms with Crippen LogP contribution in [0, 0.1) is 0 Å². The van der Waals surface area contributed by atoms with Gasteiger partial charge in [0.25, 0.3) is 0 Å². The van der Waals surface area contributed by atoms with E-state index in [9.17, 15) is 0 Å². The maximum absolute atomic E-state index is 5.43. The molecule has 0 aliphatic carbocycles. The summed E-state index contributed by atoms with van der Waals surface area (Å²) in [5.41, 5.74) is -0.0602. The highest BCUT2D eigenvalue weighted by molar-refractivity contribution is 7.98. The minimum Gasteiger partial charge on any atom is -0.161 e. The van der Waals surface area contributed by atoms with E-state index in [0.29, 0.717) is 0 Å². The molecule has 0 saturated heterocycles. The SMILES string of the molecule is ClC1CSN=N1. The summed E-state index contributed by atoms with van der Waals surface area (Å²) in [6.45, 7) is 0. The van der Waals surface area contributed by atoms with Crippen molar-refractivity contribution in [3.05, 3.63) is 0 Å². The summed E-state index contributed by atoms with van der Waals surface area (Å²) in [5, 5.41) is 3.59. The van der Waals surface area contributed by atoms with Crippen molar-refractivity contribution in [3.8, 4) is 0 Å². The number of hydrogen-bond acceptors (Lipinski definition) is 3. The van der Waals surface area contributed by atoms with Crippen LogP contribution in [-0.2, 0) is 0 Å². The Labute approximate surface area is 45.1 Å². The Morgan fingerprint density at radius 2 is 2.67 bits per heavy atom. The van der Waals surface area contributed by atoms with Gasteiger partial charge in [0.2, 0.25) is 0 Å². The minimum atomic E-state index is -0.0602. The van der Waals surface area contributed by atoms with Gasteiger partial charge in [-0.05, 0) is 0 Å². The second-order valence-electron chi connectivity index (χ2n) is 0.927. The fourth-order valence-corrected chi connectivity index (χ4v) is 0.914. The normalized spacial score (nSPS) is 31.8. The van der Waals surface area contributed by atoms with E-state index >= 15 is 0 Å². The smallest absolute Gasteiger partial charge is 0.156 e. The number of nitrogens with zero attached hydrogens (tertiary/aromatic N) is 2. The van der Waals surface area contributed by atoms with Gasteiger partial charge in [0.1, 0.15) is 0 Å². The van der Waals surface area contributed by atoms with E-state index in [4.69, 9.17) is 11.6 Å². The Morgan fingerprint density at radius 1 is 1.83 bits per heavy atom. The van der Waals surface area contributed by atoms with E-state index in [-0.39, 0.29) is 5.50 Å². The molecule has 1 aliphatic rings. The number of rotatable bonds is 0. The zero-order chi connectivity index (χ0) is 4.41. The van der Waals surface area contributed by atoms with Crippen LogP contribution in [0.4, 0.5) is 0 Å². The standard InChI is InChI=1S/C2H3ClN2S/c3-2-1-6-5-4-2/h2H,1H2. The minimum absolute atomic E-state index is 0.0602. The summed E-state index contributed by atoms with van der Waals surface area (Å²) in [6.07, 6.45) is 0. The fraction of sp³-hybridized carbons (Fsp3) is 1.00. The first-order valence-electron chi connectivity index (χ1n) is 1.56. The molecule has 34 valence electrons. The van der Waals surface area contributed by atoms with Gasteiger partial charge in [0, 0.05) is 11.9 Å². The van der Waals surface area contributed by atoms with E-state index in [2.05, 4.69) is 9.63 Å². The summed E-state index contributed by atoms with van der Waals surface area (Å²) in [6, 6.07) is 0. The first-order valence-corrected chi connectivity index (χ1v) is 2.93. The largest absolute Gasteiger partial charge is 0.161 e. The topological polar surface area (TPSA) is 24.7 Å². The highest BCUT2D eigenvalue weighted by Crippen LogP contribution is 2.18. The van der Waals surface area contributed by atoms with Crippen molar-refractivity contribution < 1.29 is 0 Å². The lowest BCUT2D eigenvalue weighted by Gasteiger charge is -1.80. The molecule has 1 unspecified atom stereocenters. The van der Waals surface area contributed by atoms with Crippen LogP contribution >= 0.6 is 23.5 Å². The maximum Gasteiger partial charge on any atom is 0.156 e. The summed E-state index contributed by atoms with van der Waals surface area (Å²) < 4.78 is 3.57. The third kappa shape index (κ3) is 0.849. The first kappa shape index (κ1) is 4.40. The average Bonchev–Trinajstić information content (AvgIpc) is 1.86. The van der Waals surface area contributed by atoms with Crippen LogP contribution in [0.25, 0.3) is 0 Å². The molecule has 0 aromatic heterocycles. The molecule has 0 radical (unpaired) electrons. The quantitative estimate of drug-likeness (QED) is 0.273. The Balaban J connectivity index is 2.38. The van der Waals surface area contributed by atoms with Gasteiger partial charge in [0.15, 0.2) is 5.50 Å². The lowest BCUT2D eigenvalue weighted by atomic mass is 10.8. The van der Waals surface area contributed by atoms with Crippen LogP contribution in [0.3, 0.4) is 0 Å². The predicted molar refractivity (Wildman–Crippen MR) is 27.0 cm³/mol. The van der Waals surface area contributed by atoms with Gasteiger partial charge >= 0.3 is 0 Å². The number of hydrogen-bond donors (Lipinski definition) is 0. The summed E-state index contributed by atoms with van der Waals surface area (Å²) in [5.74, 6) is 0.835. The van der Waals surface area contributed by atoms with Crippen molar-refractivity contribution in [2.24, 2.45) is 9.63 Å². The molecule has 1 aliphatic heterocycles. The Kier molecular flexibility index (Phi) is 1.32. The fourth-order valence-electron chi connectivity index (χ4n) is 0.213. The van der Waals surface area contributed by atoms with Gasteiger partial charge in [-0.15, -0.1) is 4.52 Å². The van der Waals surface area contributed by atoms with Crippen LogP contribution in [0.2, 0.25) is 0 Å². The van der Waals surface area contributed by atoms with E-state index in [0.717, 1.165) is 5.75 Å². The van der Waals surface area contributed by atoms with Crippen molar-refractivity contribution in [2.75, 3.05) is 5.75 Å². The molecule has 6 heavy (non-hydrogen) atoms. The molecule has 0 amide bonds. The molecule has 0 aromatic rings. The lowest BCUT2D eigenvalue weighted by Crippen LogP contribution is -1.87. The third-order valence-corrected chi connectivity index (χ3v) is 1.54. The van der Waals surface area contributed by atoms with Crippen LogP contribution < -0.4 is 0 Å². The molecule has 2 nitrogen and oxygen atoms in total. The summed E-state index contributed by atoms with van der Waals surface area (Å²) in [4.78, 5) is 0. The molecule has 0 fully saturated rings. The molecule has 0 aromatic carbocycles. The molecule has 4 heteroatoms. The third-order valence-electron chi connectivity index (χ3n) is 0.442. The molecular formula is C2H3ClN2S. The van der Waals surface area contributed by atoms with E-state index in [1.54, 1.807) is 0 Å². The second kappa shape index (κ2) is 1.80. The lowest BCUT2D eigenvalue weighted by molar-refractivity contribution is 1.01. The molecule has 0 N–H and O–H groups in total. The van der Waals surface area contributed by atoms with E-state index in [1.165, 1.54) is 11.9 Å². The zero-order valence-corrected chi connectivity index (χ0v) is 4.54. The second-order valence-corrected chi connectivity index (χ2v) is 2.19. The highest BCUT2D eigenvalue weighted by Gasteiger charge is 2.06. The Hall–Kier alpha value is 0.240. The van der Waals surface area contributed by atoms with Gasteiger partial charge < -0.3 is 0 Å². The van der Waals surface area contributed by atoms with Crippen LogP contribution in [0.5, 0.6) is 0 Å². The van der Waals surface area contributed by atoms with Crippen molar-refractivity contribution in [1.29, 1.82) is 0 Å². The zero-order valence-electron chi connectivity index (χ0n) is 2.97.